The third-order valence-electron chi connectivity index (χ3n) is 2.16. The Morgan fingerprint density at radius 3 is 3.12 bits per heavy atom. The summed E-state index contributed by atoms with van der Waals surface area (Å²) in [6.07, 6.45) is 3.61. The van der Waals surface area contributed by atoms with Gasteiger partial charge < -0.3 is 4.74 Å². The summed E-state index contributed by atoms with van der Waals surface area (Å²) < 4.78 is 4.88. The monoisotopic (exact) mass is 216 g/mol. The number of carbonyl (C=O) groups excluding carboxylic acids is 1. The fourth-order valence-corrected chi connectivity index (χ4v) is 1.49. The number of fused-ring (bicyclic) bond motifs is 1. The van der Waals surface area contributed by atoms with E-state index in [4.69, 9.17) is 4.74 Å². The van der Waals surface area contributed by atoms with Crippen molar-refractivity contribution in [3.05, 3.63) is 36.2 Å². The van der Waals surface area contributed by atoms with Crippen LogP contribution < -0.4 is 0 Å². The molecule has 4 heteroatoms. The highest BCUT2D eigenvalue weighted by molar-refractivity contribution is 5.78. The van der Waals surface area contributed by atoms with Crippen LogP contribution in [0.2, 0.25) is 0 Å². The summed E-state index contributed by atoms with van der Waals surface area (Å²) >= 11 is 0. The lowest BCUT2D eigenvalue weighted by Crippen LogP contribution is -2.07. The number of hydrogen-bond acceptors (Lipinski definition) is 4. The quantitative estimate of drug-likeness (QED) is 0.733. The largest absolute Gasteiger partial charge is 0.466 e. The van der Waals surface area contributed by atoms with Crippen LogP contribution in [0.15, 0.2) is 30.6 Å². The van der Waals surface area contributed by atoms with Gasteiger partial charge >= 0.3 is 5.97 Å². The Morgan fingerprint density at radius 1 is 1.44 bits per heavy atom. The minimum absolute atomic E-state index is 0.229. The lowest BCUT2D eigenvalue weighted by atomic mass is 10.1. The minimum atomic E-state index is -0.229. The Bertz CT molecular complexity index is 511. The normalized spacial score (nSPS) is 10.3. The fourth-order valence-electron chi connectivity index (χ4n) is 1.49. The second-order valence-corrected chi connectivity index (χ2v) is 3.38. The van der Waals surface area contributed by atoms with E-state index in [1.165, 1.54) is 0 Å². The molecular weight excluding hydrogens is 204 g/mol. The highest BCUT2D eigenvalue weighted by Gasteiger charge is 2.05. The van der Waals surface area contributed by atoms with Crippen LogP contribution in [-0.2, 0) is 16.0 Å². The summed E-state index contributed by atoms with van der Waals surface area (Å²) in [4.78, 5) is 19.6. The van der Waals surface area contributed by atoms with Crippen molar-refractivity contribution in [3.8, 4) is 0 Å². The van der Waals surface area contributed by atoms with E-state index >= 15 is 0 Å². The molecule has 0 fully saturated rings. The maximum atomic E-state index is 11.3. The Kier molecular flexibility index (Phi) is 3.10. The molecule has 2 rings (SSSR count). The molecule has 0 atom stereocenters. The molecule has 0 amide bonds. The Hall–Kier alpha value is -1.97. The van der Waals surface area contributed by atoms with Gasteiger partial charge in [0.15, 0.2) is 5.65 Å². The Morgan fingerprint density at radius 2 is 2.31 bits per heavy atom. The van der Waals surface area contributed by atoms with Gasteiger partial charge in [-0.2, -0.15) is 0 Å². The van der Waals surface area contributed by atoms with E-state index in [2.05, 4.69) is 9.97 Å². The Labute approximate surface area is 93.3 Å². The van der Waals surface area contributed by atoms with Crippen LogP contribution in [0.4, 0.5) is 0 Å². The average Bonchev–Trinajstić information content (AvgIpc) is 2.29. The second-order valence-electron chi connectivity index (χ2n) is 3.38. The van der Waals surface area contributed by atoms with Gasteiger partial charge in [0.05, 0.1) is 13.0 Å². The topological polar surface area (TPSA) is 52.1 Å². The molecule has 0 aliphatic heterocycles. The van der Waals surface area contributed by atoms with Crippen molar-refractivity contribution in [2.24, 2.45) is 0 Å². The number of ether oxygens (including phenoxy) is 1. The molecule has 0 spiro atoms. The van der Waals surface area contributed by atoms with Gasteiger partial charge in [-0.25, -0.2) is 9.97 Å². The zero-order valence-electron chi connectivity index (χ0n) is 9.01. The number of pyridine rings is 2. The summed E-state index contributed by atoms with van der Waals surface area (Å²) in [7, 11) is 0. The van der Waals surface area contributed by atoms with Gasteiger partial charge in [0, 0.05) is 17.8 Å². The van der Waals surface area contributed by atoms with Crippen LogP contribution >= 0.6 is 0 Å². The van der Waals surface area contributed by atoms with Crippen molar-refractivity contribution in [1.82, 2.24) is 9.97 Å². The number of rotatable bonds is 3. The standard InChI is InChI=1S/C12H12N2O2/c1-2-16-11(15)7-9-6-10-4-3-5-13-12(10)14-8-9/h3-6,8H,2,7H2,1H3. The molecule has 0 saturated heterocycles. The van der Waals surface area contributed by atoms with Gasteiger partial charge in [-0.1, -0.05) is 0 Å². The van der Waals surface area contributed by atoms with Crippen LogP contribution in [0, 0.1) is 0 Å². The molecule has 0 unspecified atom stereocenters. The van der Waals surface area contributed by atoms with Crippen LogP contribution in [0.25, 0.3) is 11.0 Å². The number of esters is 1. The molecule has 2 aromatic rings. The molecular formula is C12H12N2O2. The fraction of sp³-hybridized carbons (Fsp3) is 0.250. The van der Waals surface area contributed by atoms with E-state index < -0.39 is 0 Å². The highest BCUT2D eigenvalue weighted by Crippen LogP contribution is 2.11. The zero-order valence-corrected chi connectivity index (χ0v) is 9.01. The van der Waals surface area contributed by atoms with E-state index in [1.807, 2.05) is 18.2 Å². The molecule has 0 aromatic carbocycles. The van der Waals surface area contributed by atoms with Gasteiger partial charge in [-0.3, -0.25) is 4.79 Å². The van der Waals surface area contributed by atoms with Gasteiger partial charge in [-0.15, -0.1) is 0 Å². The third-order valence-corrected chi connectivity index (χ3v) is 2.16. The predicted octanol–water partition coefficient (Wildman–Crippen LogP) is 1.74. The van der Waals surface area contributed by atoms with Gasteiger partial charge in [-0.05, 0) is 30.7 Å². The molecule has 4 nitrogen and oxygen atoms in total. The smallest absolute Gasteiger partial charge is 0.310 e. The Balaban J connectivity index is 2.22. The maximum absolute atomic E-state index is 11.3. The van der Waals surface area contributed by atoms with Gasteiger partial charge in [0.1, 0.15) is 0 Å². The summed E-state index contributed by atoms with van der Waals surface area (Å²) in [6, 6.07) is 5.67. The van der Waals surface area contributed by atoms with Crippen LogP contribution in [0.3, 0.4) is 0 Å². The van der Waals surface area contributed by atoms with Crippen molar-refractivity contribution >= 4 is 17.0 Å². The molecule has 0 aliphatic carbocycles. The molecule has 82 valence electrons. The van der Waals surface area contributed by atoms with E-state index in [9.17, 15) is 4.79 Å². The summed E-state index contributed by atoms with van der Waals surface area (Å²) in [5, 5.41) is 0.935. The first kappa shape index (κ1) is 10.5. The highest BCUT2D eigenvalue weighted by atomic mass is 16.5. The number of nitrogens with zero attached hydrogens (tertiary/aromatic N) is 2. The molecule has 0 radical (unpaired) electrons. The summed E-state index contributed by atoms with van der Waals surface area (Å²) in [6.45, 7) is 2.20. The molecule has 2 aromatic heterocycles. The first-order chi connectivity index (χ1) is 7.79. The lowest BCUT2D eigenvalue weighted by Gasteiger charge is -2.02. The molecule has 16 heavy (non-hydrogen) atoms. The average molecular weight is 216 g/mol. The van der Waals surface area contributed by atoms with Crippen molar-refractivity contribution in [2.75, 3.05) is 6.61 Å². The van der Waals surface area contributed by atoms with E-state index in [-0.39, 0.29) is 12.4 Å². The van der Waals surface area contributed by atoms with Crippen LogP contribution in [-0.4, -0.2) is 22.5 Å². The first-order valence-electron chi connectivity index (χ1n) is 5.15. The van der Waals surface area contributed by atoms with Gasteiger partial charge in [0.25, 0.3) is 0 Å². The predicted molar refractivity (Wildman–Crippen MR) is 59.9 cm³/mol. The molecule has 0 aliphatic rings. The number of carbonyl (C=O) groups is 1. The summed E-state index contributed by atoms with van der Waals surface area (Å²) in [5.41, 5.74) is 1.54. The summed E-state index contributed by atoms with van der Waals surface area (Å²) in [5.74, 6) is -0.229. The SMILES string of the molecule is CCOC(=O)Cc1cnc2ncccc2c1. The van der Waals surface area contributed by atoms with Crippen molar-refractivity contribution in [1.29, 1.82) is 0 Å². The van der Waals surface area contributed by atoms with Crippen molar-refractivity contribution in [3.63, 3.8) is 0 Å². The van der Waals surface area contributed by atoms with Gasteiger partial charge in [0.2, 0.25) is 0 Å². The molecule has 0 saturated carbocycles. The minimum Gasteiger partial charge on any atom is -0.466 e. The number of aromatic nitrogens is 2. The molecule has 2 heterocycles. The lowest BCUT2D eigenvalue weighted by molar-refractivity contribution is -0.142. The van der Waals surface area contributed by atoms with Crippen molar-refractivity contribution < 1.29 is 9.53 Å². The molecule has 0 N–H and O–H groups in total. The zero-order chi connectivity index (χ0) is 11.4. The van der Waals surface area contributed by atoms with Crippen LogP contribution in [0.1, 0.15) is 12.5 Å². The third kappa shape index (κ3) is 2.34. The van der Waals surface area contributed by atoms with Crippen molar-refractivity contribution in [2.45, 2.75) is 13.3 Å². The molecule has 0 bridgehead atoms. The van der Waals surface area contributed by atoms with Crippen LogP contribution in [0.5, 0.6) is 0 Å². The van der Waals surface area contributed by atoms with E-state index in [0.717, 1.165) is 10.9 Å². The second kappa shape index (κ2) is 4.70. The maximum Gasteiger partial charge on any atom is 0.310 e. The number of hydrogen-bond donors (Lipinski definition) is 0. The van der Waals surface area contributed by atoms with E-state index in [1.54, 1.807) is 19.3 Å². The van der Waals surface area contributed by atoms with E-state index in [0.29, 0.717) is 12.3 Å². The first-order valence-corrected chi connectivity index (χ1v) is 5.15.